The van der Waals surface area contributed by atoms with Crippen molar-refractivity contribution in [1.29, 1.82) is 0 Å². The number of benzene rings is 2. The van der Waals surface area contributed by atoms with E-state index in [0.29, 0.717) is 24.8 Å². The van der Waals surface area contributed by atoms with Crippen LogP contribution < -0.4 is 4.74 Å². The number of piperidine rings is 2. The van der Waals surface area contributed by atoms with Crippen LogP contribution in [-0.4, -0.2) is 61.0 Å². The van der Waals surface area contributed by atoms with Gasteiger partial charge in [-0.25, -0.2) is 0 Å². The Morgan fingerprint density at radius 1 is 1.00 bits per heavy atom. The molecule has 0 saturated carbocycles. The van der Waals surface area contributed by atoms with Crippen molar-refractivity contribution in [3.05, 3.63) is 66.2 Å². The number of methoxy groups -OCH3 is 1. The maximum Gasteiger partial charge on any atom is 0.260 e. The summed E-state index contributed by atoms with van der Waals surface area (Å²) in [6.45, 7) is 2.11. The van der Waals surface area contributed by atoms with Gasteiger partial charge < -0.3 is 19.3 Å². The summed E-state index contributed by atoms with van der Waals surface area (Å²) in [6.07, 6.45) is 2.18. The lowest BCUT2D eigenvalue weighted by Crippen LogP contribution is -2.58. The van der Waals surface area contributed by atoms with Crippen molar-refractivity contribution in [2.24, 2.45) is 5.92 Å². The Balaban J connectivity index is 1.37. The van der Waals surface area contributed by atoms with Gasteiger partial charge in [0.15, 0.2) is 12.7 Å². The number of likely N-dealkylation sites (tertiary alicyclic amines) is 2. The molecule has 0 spiro atoms. The monoisotopic (exact) mass is 422 g/mol. The van der Waals surface area contributed by atoms with E-state index in [4.69, 9.17) is 9.47 Å². The normalized spacial score (nSPS) is 21.8. The molecule has 31 heavy (non-hydrogen) atoms. The van der Waals surface area contributed by atoms with Crippen molar-refractivity contribution in [1.82, 2.24) is 9.80 Å². The molecular weight excluding hydrogens is 392 g/mol. The molecular formula is C25H30N2O4. The van der Waals surface area contributed by atoms with E-state index in [-0.39, 0.29) is 24.5 Å². The van der Waals surface area contributed by atoms with E-state index in [1.54, 1.807) is 7.11 Å². The van der Waals surface area contributed by atoms with Crippen LogP contribution in [0.2, 0.25) is 0 Å². The fourth-order valence-electron chi connectivity index (χ4n) is 4.81. The van der Waals surface area contributed by atoms with E-state index < -0.39 is 6.10 Å². The number of rotatable bonds is 6. The van der Waals surface area contributed by atoms with Crippen molar-refractivity contribution in [2.75, 3.05) is 33.4 Å². The van der Waals surface area contributed by atoms with Crippen LogP contribution in [0.15, 0.2) is 60.7 Å². The second kappa shape index (κ2) is 9.96. The number of ether oxygens (including phenoxy) is 2. The minimum absolute atomic E-state index is 0.00445. The number of hydrogen-bond donors (Lipinski definition) is 0. The number of para-hydroxylation sites is 1. The molecule has 2 aromatic rings. The van der Waals surface area contributed by atoms with E-state index in [1.807, 2.05) is 70.5 Å². The molecule has 2 fully saturated rings. The molecule has 2 aliphatic heterocycles. The summed E-state index contributed by atoms with van der Waals surface area (Å²) >= 11 is 0. The number of amides is 2. The van der Waals surface area contributed by atoms with Gasteiger partial charge in [0, 0.05) is 32.8 Å². The van der Waals surface area contributed by atoms with E-state index >= 15 is 0 Å². The second-order valence-electron chi connectivity index (χ2n) is 8.26. The third-order valence-corrected chi connectivity index (χ3v) is 6.37. The first-order valence-electron chi connectivity index (χ1n) is 11.0. The van der Waals surface area contributed by atoms with Gasteiger partial charge in [0.05, 0.1) is 0 Å². The van der Waals surface area contributed by atoms with Crippen LogP contribution >= 0.6 is 0 Å². The molecule has 4 rings (SSSR count). The number of carbonyl (C=O) groups excluding carboxylic acids is 2. The van der Waals surface area contributed by atoms with Crippen LogP contribution in [0, 0.1) is 5.92 Å². The standard InChI is InChI=1S/C25H30N2O4/c1-30-24(19-9-4-2-5-10-19)25(29)27-15-8-11-20-17-26(16-14-22(20)27)23(28)18-31-21-12-6-3-7-13-21/h2-7,9-10,12-13,20,22,24H,8,11,14-18H2,1H3/t20-,22+,24?/m1/s1. The van der Waals surface area contributed by atoms with Gasteiger partial charge in [-0.3, -0.25) is 9.59 Å². The van der Waals surface area contributed by atoms with Crippen LogP contribution in [0.25, 0.3) is 0 Å². The molecule has 0 N–H and O–H groups in total. The van der Waals surface area contributed by atoms with Crippen molar-refractivity contribution in [3.63, 3.8) is 0 Å². The highest BCUT2D eigenvalue weighted by Gasteiger charge is 2.41. The number of carbonyl (C=O) groups is 2. The summed E-state index contributed by atoms with van der Waals surface area (Å²) in [5.41, 5.74) is 0.878. The molecule has 2 heterocycles. The first kappa shape index (κ1) is 21.4. The third kappa shape index (κ3) is 4.90. The molecule has 0 aliphatic carbocycles. The zero-order valence-corrected chi connectivity index (χ0v) is 18.0. The van der Waals surface area contributed by atoms with Gasteiger partial charge in [0.2, 0.25) is 0 Å². The van der Waals surface area contributed by atoms with Crippen LogP contribution in [0.1, 0.15) is 30.9 Å². The maximum atomic E-state index is 13.4. The van der Waals surface area contributed by atoms with E-state index in [0.717, 1.165) is 31.4 Å². The molecule has 3 atom stereocenters. The highest BCUT2D eigenvalue weighted by Crippen LogP contribution is 2.33. The summed E-state index contributed by atoms with van der Waals surface area (Å²) in [7, 11) is 1.59. The average molecular weight is 423 g/mol. The molecule has 0 radical (unpaired) electrons. The lowest BCUT2D eigenvalue weighted by molar-refractivity contribution is -0.151. The lowest BCUT2D eigenvalue weighted by atomic mass is 9.83. The first-order chi connectivity index (χ1) is 15.2. The Morgan fingerprint density at radius 3 is 2.42 bits per heavy atom. The van der Waals surface area contributed by atoms with Crippen molar-refractivity contribution in [2.45, 2.75) is 31.4 Å². The van der Waals surface area contributed by atoms with Gasteiger partial charge in [0.1, 0.15) is 5.75 Å². The Kier molecular flexibility index (Phi) is 6.87. The molecule has 2 aliphatic rings. The molecule has 1 unspecified atom stereocenters. The first-order valence-corrected chi connectivity index (χ1v) is 11.0. The van der Waals surface area contributed by atoms with Gasteiger partial charge in [-0.1, -0.05) is 48.5 Å². The van der Waals surface area contributed by atoms with Crippen LogP contribution in [0.3, 0.4) is 0 Å². The lowest BCUT2D eigenvalue weighted by Gasteiger charge is -2.47. The number of fused-ring (bicyclic) bond motifs is 1. The topological polar surface area (TPSA) is 59.1 Å². The van der Waals surface area contributed by atoms with E-state index in [1.165, 1.54) is 0 Å². The Labute approximate surface area is 183 Å². The summed E-state index contributed by atoms with van der Waals surface area (Å²) < 4.78 is 11.2. The van der Waals surface area contributed by atoms with Gasteiger partial charge >= 0.3 is 0 Å². The fourth-order valence-corrected chi connectivity index (χ4v) is 4.81. The zero-order valence-electron chi connectivity index (χ0n) is 18.0. The predicted octanol–water partition coefficient (Wildman–Crippen LogP) is 3.29. The Hall–Kier alpha value is -2.86. The van der Waals surface area contributed by atoms with Gasteiger partial charge in [-0.15, -0.1) is 0 Å². The van der Waals surface area contributed by atoms with E-state index in [9.17, 15) is 9.59 Å². The largest absolute Gasteiger partial charge is 0.484 e. The number of nitrogens with zero attached hydrogens (tertiary/aromatic N) is 2. The van der Waals surface area contributed by atoms with Gasteiger partial charge in [-0.2, -0.15) is 0 Å². The highest BCUT2D eigenvalue weighted by atomic mass is 16.5. The molecule has 164 valence electrons. The smallest absolute Gasteiger partial charge is 0.260 e. The zero-order chi connectivity index (χ0) is 21.6. The molecule has 0 aromatic heterocycles. The van der Waals surface area contributed by atoms with Crippen LogP contribution in [0.4, 0.5) is 0 Å². The maximum absolute atomic E-state index is 13.4. The summed E-state index contributed by atoms with van der Waals surface area (Å²) in [6, 6.07) is 19.2. The molecule has 2 amide bonds. The molecule has 6 heteroatoms. The number of hydrogen-bond acceptors (Lipinski definition) is 4. The van der Waals surface area contributed by atoms with Crippen LogP contribution in [0.5, 0.6) is 5.75 Å². The van der Waals surface area contributed by atoms with Gasteiger partial charge in [-0.05, 0) is 42.9 Å². The Bertz CT molecular complexity index is 874. The fraction of sp³-hybridized carbons (Fsp3) is 0.440. The second-order valence-corrected chi connectivity index (χ2v) is 8.26. The van der Waals surface area contributed by atoms with Crippen LogP contribution in [-0.2, 0) is 14.3 Å². The van der Waals surface area contributed by atoms with Crippen molar-refractivity contribution in [3.8, 4) is 5.75 Å². The summed E-state index contributed by atoms with van der Waals surface area (Å²) in [5.74, 6) is 1.02. The quantitative estimate of drug-likeness (QED) is 0.717. The molecule has 0 bridgehead atoms. The summed E-state index contributed by atoms with van der Waals surface area (Å²) in [5, 5.41) is 0. The third-order valence-electron chi connectivity index (χ3n) is 6.37. The molecule has 2 aromatic carbocycles. The predicted molar refractivity (Wildman–Crippen MR) is 118 cm³/mol. The summed E-state index contributed by atoms with van der Waals surface area (Å²) in [4.78, 5) is 30.0. The SMILES string of the molecule is COC(C(=O)N1CCC[C@@H]2CN(C(=O)COc3ccccc3)CC[C@@H]21)c1ccccc1. The average Bonchev–Trinajstić information content (AvgIpc) is 2.83. The minimum Gasteiger partial charge on any atom is -0.484 e. The molecule has 6 nitrogen and oxygen atoms in total. The highest BCUT2D eigenvalue weighted by molar-refractivity contribution is 5.83. The van der Waals surface area contributed by atoms with Gasteiger partial charge in [0.25, 0.3) is 11.8 Å². The minimum atomic E-state index is -0.584. The van der Waals surface area contributed by atoms with Crippen molar-refractivity contribution < 1.29 is 19.1 Å². The van der Waals surface area contributed by atoms with E-state index in [2.05, 4.69) is 0 Å². The Morgan fingerprint density at radius 2 is 1.71 bits per heavy atom. The molecule has 2 saturated heterocycles. The van der Waals surface area contributed by atoms with Crippen molar-refractivity contribution >= 4 is 11.8 Å².